The molecule has 2 fully saturated rings. The number of benzene rings is 1. The van der Waals surface area contributed by atoms with Gasteiger partial charge in [-0.2, -0.15) is 0 Å². The van der Waals surface area contributed by atoms with Crippen molar-refractivity contribution in [2.75, 3.05) is 46.3 Å². The Hall–Kier alpha value is -0.850. The standard InChI is InChI=1S/C19H30N4O.2ClH/c1-15-16(2)23(8-7-20-15)19(24)18-6-4-5-17(13-18)14-22-11-9-21(3)10-12-22;;/h4-6,13,15-16,20H,7-12,14H2,1-3H3;2*1H. The summed E-state index contributed by atoms with van der Waals surface area (Å²) in [6, 6.07) is 8.77. The van der Waals surface area contributed by atoms with Crippen LogP contribution in [0.25, 0.3) is 0 Å². The van der Waals surface area contributed by atoms with Crippen molar-refractivity contribution in [3.05, 3.63) is 35.4 Å². The summed E-state index contributed by atoms with van der Waals surface area (Å²) in [6.07, 6.45) is 0. The third-order valence-corrected chi connectivity index (χ3v) is 5.47. The third-order valence-electron chi connectivity index (χ3n) is 5.47. The molecule has 148 valence electrons. The van der Waals surface area contributed by atoms with Crippen LogP contribution in [0.3, 0.4) is 0 Å². The second kappa shape index (κ2) is 10.5. The summed E-state index contributed by atoms with van der Waals surface area (Å²) in [5.74, 6) is 0.163. The molecule has 1 aromatic rings. The molecule has 7 heteroatoms. The first-order valence-electron chi connectivity index (χ1n) is 9.09. The molecule has 0 bridgehead atoms. The van der Waals surface area contributed by atoms with E-state index in [1.165, 1.54) is 5.56 Å². The number of halogens is 2. The van der Waals surface area contributed by atoms with Gasteiger partial charge < -0.3 is 15.1 Å². The monoisotopic (exact) mass is 402 g/mol. The highest BCUT2D eigenvalue weighted by molar-refractivity contribution is 5.94. The molecule has 1 aromatic carbocycles. The van der Waals surface area contributed by atoms with Crippen molar-refractivity contribution >= 4 is 30.7 Å². The summed E-state index contributed by atoms with van der Waals surface area (Å²) in [4.78, 5) is 19.8. The number of piperazine rings is 2. The maximum atomic E-state index is 12.9. The number of likely N-dealkylation sites (N-methyl/N-ethyl adjacent to an activating group) is 1. The molecule has 0 aromatic heterocycles. The van der Waals surface area contributed by atoms with Gasteiger partial charge in [-0.1, -0.05) is 12.1 Å². The number of nitrogens with one attached hydrogen (secondary N) is 1. The highest BCUT2D eigenvalue weighted by atomic mass is 35.5. The summed E-state index contributed by atoms with van der Waals surface area (Å²) < 4.78 is 0. The van der Waals surface area contributed by atoms with Gasteiger partial charge in [0.25, 0.3) is 5.91 Å². The highest BCUT2D eigenvalue weighted by Crippen LogP contribution is 2.16. The van der Waals surface area contributed by atoms with E-state index in [0.717, 1.165) is 51.4 Å². The topological polar surface area (TPSA) is 38.8 Å². The zero-order valence-electron chi connectivity index (χ0n) is 16.0. The molecule has 5 nitrogen and oxygen atoms in total. The number of hydrogen-bond donors (Lipinski definition) is 1. The average molecular weight is 403 g/mol. The quantitative estimate of drug-likeness (QED) is 0.839. The van der Waals surface area contributed by atoms with Gasteiger partial charge in [-0.15, -0.1) is 24.8 Å². The van der Waals surface area contributed by atoms with Crippen molar-refractivity contribution in [3.8, 4) is 0 Å². The van der Waals surface area contributed by atoms with Gasteiger partial charge in [0.2, 0.25) is 0 Å². The molecule has 2 unspecified atom stereocenters. The summed E-state index contributed by atoms with van der Waals surface area (Å²) in [5, 5.41) is 3.43. The smallest absolute Gasteiger partial charge is 0.254 e. The molecule has 1 amide bonds. The molecule has 1 N–H and O–H groups in total. The van der Waals surface area contributed by atoms with E-state index in [-0.39, 0.29) is 36.8 Å². The first kappa shape index (κ1) is 23.2. The Morgan fingerprint density at radius 3 is 2.50 bits per heavy atom. The maximum absolute atomic E-state index is 12.9. The molecule has 0 radical (unpaired) electrons. The van der Waals surface area contributed by atoms with E-state index in [2.05, 4.69) is 48.1 Å². The van der Waals surface area contributed by atoms with E-state index in [1.807, 2.05) is 17.0 Å². The number of nitrogens with zero attached hydrogens (tertiary/aromatic N) is 3. The predicted octanol–water partition coefficient (Wildman–Crippen LogP) is 2.10. The van der Waals surface area contributed by atoms with Crippen molar-refractivity contribution in [2.24, 2.45) is 0 Å². The van der Waals surface area contributed by atoms with Gasteiger partial charge in [0, 0.05) is 63.5 Å². The normalized spacial score (nSPS) is 24.5. The lowest BCUT2D eigenvalue weighted by Gasteiger charge is -2.38. The van der Waals surface area contributed by atoms with E-state index in [1.54, 1.807) is 0 Å². The van der Waals surface area contributed by atoms with Crippen LogP contribution in [0.5, 0.6) is 0 Å². The van der Waals surface area contributed by atoms with Crippen molar-refractivity contribution in [1.29, 1.82) is 0 Å². The number of carbonyl (C=O) groups excluding carboxylic acids is 1. The van der Waals surface area contributed by atoms with Crippen LogP contribution in [0.2, 0.25) is 0 Å². The van der Waals surface area contributed by atoms with Crippen molar-refractivity contribution < 1.29 is 4.79 Å². The minimum absolute atomic E-state index is 0. The van der Waals surface area contributed by atoms with Crippen LogP contribution < -0.4 is 5.32 Å². The molecule has 2 aliphatic heterocycles. The minimum atomic E-state index is 0. The first-order chi connectivity index (χ1) is 11.5. The lowest BCUT2D eigenvalue weighted by atomic mass is 10.0. The second-order valence-electron chi connectivity index (χ2n) is 7.26. The molecular weight excluding hydrogens is 371 g/mol. The summed E-state index contributed by atoms with van der Waals surface area (Å²) in [6.45, 7) is 11.3. The first-order valence-corrected chi connectivity index (χ1v) is 9.09. The van der Waals surface area contributed by atoms with E-state index in [0.29, 0.717) is 6.04 Å². The van der Waals surface area contributed by atoms with Gasteiger partial charge in [-0.3, -0.25) is 9.69 Å². The zero-order chi connectivity index (χ0) is 17.1. The molecular formula is C19H32Cl2N4O. The lowest BCUT2D eigenvalue weighted by molar-refractivity contribution is 0.0602. The minimum Gasteiger partial charge on any atom is -0.333 e. The zero-order valence-corrected chi connectivity index (χ0v) is 17.6. The van der Waals surface area contributed by atoms with Crippen LogP contribution in [-0.4, -0.2) is 79.0 Å². The molecule has 0 saturated carbocycles. The number of rotatable bonds is 3. The van der Waals surface area contributed by atoms with Gasteiger partial charge >= 0.3 is 0 Å². The van der Waals surface area contributed by atoms with Gasteiger partial charge in [-0.25, -0.2) is 0 Å². The summed E-state index contributed by atoms with van der Waals surface area (Å²) >= 11 is 0. The molecule has 3 rings (SSSR count). The van der Waals surface area contributed by atoms with Crippen LogP contribution in [0.15, 0.2) is 24.3 Å². The fraction of sp³-hybridized carbons (Fsp3) is 0.632. The molecule has 2 aliphatic rings. The fourth-order valence-electron chi connectivity index (χ4n) is 3.58. The van der Waals surface area contributed by atoms with Crippen LogP contribution >= 0.6 is 24.8 Å². The Morgan fingerprint density at radius 1 is 1.12 bits per heavy atom. The van der Waals surface area contributed by atoms with Crippen LogP contribution in [0, 0.1) is 0 Å². The fourth-order valence-corrected chi connectivity index (χ4v) is 3.58. The molecule has 2 saturated heterocycles. The van der Waals surface area contributed by atoms with Crippen LogP contribution in [-0.2, 0) is 6.54 Å². The molecule has 2 heterocycles. The lowest BCUT2D eigenvalue weighted by Crippen LogP contribution is -2.57. The Morgan fingerprint density at radius 2 is 1.81 bits per heavy atom. The second-order valence-corrected chi connectivity index (χ2v) is 7.26. The highest BCUT2D eigenvalue weighted by Gasteiger charge is 2.28. The molecule has 0 aliphatic carbocycles. The largest absolute Gasteiger partial charge is 0.333 e. The van der Waals surface area contributed by atoms with Gasteiger partial charge in [0.1, 0.15) is 0 Å². The summed E-state index contributed by atoms with van der Waals surface area (Å²) in [7, 11) is 2.17. The SMILES string of the molecule is CC1NCCN(C(=O)c2cccc(CN3CCN(C)CC3)c2)C1C.Cl.Cl. The number of carbonyl (C=O) groups is 1. The third kappa shape index (κ3) is 5.57. The van der Waals surface area contributed by atoms with Crippen molar-refractivity contribution in [2.45, 2.75) is 32.5 Å². The van der Waals surface area contributed by atoms with E-state index < -0.39 is 0 Å². The van der Waals surface area contributed by atoms with Crippen LogP contribution in [0.4, 0.5) is 0 Å². The Balaban J connectivity index is 0.00000169. The van der Waals surface area contributed by atoms with Gasteiger partial charge in [0.05, 0.1) is 0 Å². The predicted molar refractivity (Wildman–Crippen MR) is 112 cm³/mol. The molecule has 2 atom stereocenters. The van der Waals surface area contributed by atoms with E-state index in [4.69, 9.17) is 0 Å². The van der Waals surface area contributed by atoms with Gasteiger partial charge in [0.15, 0.2) is 0 Å². The Bertz CT molecular complexity index is 578. The Kier molecular flexibility index (Phi) is 9.34. The maximum Gasteiger partial charge on any atom is 0.254 e. The number of hydrogen-bond acceptors (Lipinski definition) is 4. The van der Waals surface area contributed by atoms with E-state index in [9.17, 15) is 4.79 Å². The van der Waals surface area contributed by atoms with Crippen molar-refractivity contribution in [1.82, 2.24) is 20.0 Å². The van der Waals surface area contributed by atoms with Crippen LogP contribution in [0.1, 0.15) is 29.8 Å². The molecule has 26 heavy (non-hydrogen) atoms. The summed E-state index contributed by atoms with van der Waals surface area (Å²) in [5.41, 5.74) is 2.06. The Labute approximate surface area is 169 Å². The van der Waals surface area contributed by atoms with E-state index >= 15 is 0 Å². The number of amides is 1. The van der Waals surface area contributed by atoms with Gasteiger partial charge in [-0.05, 0) is 38.6 Å². The van der Waals surface area contributed by atoms with Crippen molar-refractivity contribution in [3.63, 3.8) is 0 Å². The molecule has 0 spiro atoms. The average Bonchev–Trinajstić information content (AvgIpc) is 2.59.